The lowest BCUT2D eigenvalue weighted by atomic mass is 10.2. The van der Waals surface area contributed by atoms with Crippen molar-refractivity contribution in [3.05, 3.63) is 28.2 Å². The molecule has 4 heteroatoms. The molecule has 1 fully saturated rings. The van der Waals surface area contributed by atoms with Gasteiger partial charge in [-0.2, -0.15) is 0 Å². The van der Waals surface area contributed by atoms with E-state index in [1.165, 1.54) is 0 Å². The maximum Gasteiger partial charge on any atom is 0.228 e. The summed E-state index contributed by atoms with van der Waals surface area (Å²) < 4.78 is 1.05. The number of benzene rings is 1. The van der Waals surface area contributed by atoms with Gasteiger partial charge >= 0.3 is 0 Å². The van der Waals surface area contributed by atoms with E-state index in [0.29, 0.717) is 6.42 Å². The number of anilines is 1. The van der Waals surface area contributed by atoms with Crippen LogP contribution in [-0.2, 0) is 4.79 Å². The zero-order chi connectivity index (χ0) is 12.4. The number of nitrogens with zero attached hydrogens (tertiary/aromatic N) is 1. The van der Waals surface area contributed by atoms with Crippen molar-refractivity contribution >= 4 is 27.5 Å². The van der Waals surface area contributed by atoms with Crippen LogP contribution in [0.15, 0.2) is 22.7 Å². The predicted octanol–water partition coefficient (Wildman–Crippen LogP) is 2.47. The molecule has 1 aliphatic heterocycles. The van der Waals surface area contributed by atoms with Crippen LogP contribution in [0.4, 0.5) is 5.69 Å². The van der Waals surface area contributed by atoms with Gasteiger partial charge in [0.15, 0.2) is 0 Å². The van der Waals surface area contributed by atoms with Crippen LogP contribution in [0.1, 0.15) is 18.9 Å². The van der Waals surface area contributed by atoms with Crippen molar-refractivity contribution in [3.63, 3.8) is 0 Å². The van der Waals surface area contributed by atoms with E-state index in [0.717, 1.165) is 28.8 Å². The third-order valence-corrected chi connectivity index (χ3v) is 3.56. The first-order valence-corrected chi connectivity index (χ1v) is 6.71. The molecule has 0 radical (unpaired) electrons. The van der Waals surface area contributed by atoms with Crippen LogP contribution < -0.4 is 10.2 Å². The van der Waals surface area contributed by atoms with Gasteiger partial charge in [-0.25, -0.2) is 0 Å². The number of rotatable bonds is 3. The lowest BCUT2D eigenvalue weighted by Gasteiger charge is -2.19. The summed E-state index contributed by atoms with van der Waals surface area (Å²) in [6.07, 6.45) is 0.601. The molecule has 0 bridgehead atoms. The predicted molar refractivity (Wildman–Crippen MR) is 73.3 cm³/mol. The average molecular weight is 297 g/mol. The molecule has 1 amide bonds. The summed E-state index contributed by atoms with van der Waals surface area (Å²) in [4.78, 5) is 13.9. The van der Waals surface area contributed by atoms with Gasteiger partial charge in [-0.05, 0) is 37.2 Å². The highest BCUT2D eigenvalue weighted by molar-refractivity contribution is 9.10. The van der Waals surface area contributed by atoms with Crippen molar-refractivity contribution in [1.29, 1.82) is 0 Å². The van der Waals surface area contributed by atoms with E-state index in [4.69, 9.17) is 0 Å². The van der Waals surface area contributed by atoms with Crippen LogP contribution in [-0.4, -0.2) is 25.0 Å². The van der Waals surface area contributed by atoms with Gasteiger partial charge in [-0.1, -0.05) is 22.9 Å². The van der Waals surface area contributed by atoms with Crippen molar-refractivity contribution < 1.29 is 4.79 Å². The fraction of sp³-hybridized carbons (Fsp3) is 0.462. The number of hydrogen-bond donors (Lipinski definition) is 1. The quantitative estimate of drug-likeness (QED) is 0.929. The Hall–Kier alpha value is -0.870. The Kier molecular flexibility index (Phi) is 3.84. The van der Waals surface area contributed by atoms with E-state index < -0.39 is 0 Å². The lowest BCUT2D eigenvalue weighted by Crippen LogP contribution is -2.32. The van der Waals surface area contributed by atoms with Gasteiger partial charge in [0.2, 0.25) is 5.91 Å². The van der Waals surface area contributed by atoms with E-state index in [-0.39, 0.29) is 11.9 Å². The molecule has 1 aromatic rings. The maximum atomic E-state index is 12.0. The van der Waals surface area contributed by atoms with Crippen LogP contribution in [0.25, 0.3) is 0 Å². The standard InChI is InChI=1S/C13H17BrN2O/c1-3-15-11-7-13(17)16(8-11)12-5-4-10(14)6-9(12)2/h4-6,11,15H,3,7-8H2,1-2H3. The van der Waals surface area contributed by atoms with Crippen LogP contribution >= 0.6 is 15.9 Å². The molecule has 1 heterocycles. The van der Waals surface area contributed by atoms with Gasteiger partial charge in [-0.15, -0.1) is 0 Å². The van der Waals surface area contributed by atoms with E-state index in [1.54, 1.807) is 0 Å². The first kappa shape index (κ1) is 12.6. The molecule has 2 rings (SSSR count). The molecule has 1 aliphatic rings. The molecule has 0 aromatic heterocycles. The minimum absolute atomic E-state index is 0.210. The van der Waals surface area contributed by atoms with Crippen molar-refractivity contribution in [2.24, 2.45) is 0 Å². The van der Waals surface area contributed by atoms with E-state index >= 15 is 0 Å². The number of halogens is 1. The third-order valence-electron chi connectivity index (χ3n) is 3.07. The molecular weight excluding hydrogens is 280 g/mol. The number of amides is 1. The first-order valence-electron chi connectivity index (χ1n) is 5.91. The maximum absolute atomic E-state index is 12.0. The molecule has 1 saturated heterocycles. The first-order chi connectivity index (χ1) is 8.11. The Morgan fingerprint density at radius 2 is 2.29 bits per heavy atom. The van der Waals surface area contributed by atoms with E-state index in [9.17, 15) is 4.79 Å². The van der Waals surface area contributed by atoms with Crippen LogP contribution in [0, 0.1) is 6.92 Å². The number of carbonyl (C=O) groups excluding carboxylic acids is 1. The molecular formula is C13H17BrN2O. The van der Waals surface area contributed by atoms with Gasteiger partial charge in [0.25, 0.3) is 0 Å². The molecule has 1 atom stereocenters. The number of aryl methyl sites for hydroxylation is 1. The normalized spacial score (nSPS) is 20.1. The third kappa shape index (κ3) is 2.69. The Labute approximate surface area is 110 Å². The second-order valence-corrected chi connectivity index (χ2v) is 5.31. The van der Waals surface area contributed by atoms with Gasteiger partial charge in [-0.3, -0.25) is 4.79 Å². The molecule has 3 nitrogen and oxygen atoms in total. The highest BCUT2D eigenvalue weighted by Gasteiger charge is 2.30. The number of carbonyl (C=O) groups is 1. The number of likely N-dealkylation sites (N-methyl/N-ethyl adjacent to an activating group) is 1. The Morgan fingerprint density at radius 3 is 2.94 bits per heavy atom. The molecule has 0 saturated carbocycles. The largest absolute Gasteiger partial charge is 0.312 e. The lowest BCUT2D eigenvalue weighted by molar-refractivity contribution is -0.117. The zero-order valence-electron chi connectivity index (χ0n) is 10.2. The summed E-state index contributed by atoms with van der Waals surface area (Å²) in [6.45, 7) is 5.78. The van der Waals surface area contributed by atoms with Gasteiger partial charge in [0.1, 0.15) is 0 Å². The molecule has 0 spiro atoms. The summed E-state index contributed by atoms with van der Waals surface area (Å²) in [5.41, 5.74) is 2.16. The summed E-state index contributed by atoms with van der Waals surface area (Å²) in [5, 5.41) is 3.33. The fourth-order valence-corrected chi connectivity index (χ4v) is 2.76. The van der Waals surface area contributed by atoms with Crippen molar-refractivity contribution in [2.45, 2.75) is 26.3 Å². The van der Waals surface area contributed by atoms with Gasteiger partial charge < -0.3 is 10.2 Å². The van der Waals surface area contributed by atoms with Crippen LogP contribution in [0.2, 0.25) is 0 Å². The Bertz CT molecular complexity index is 433. The Morgan fingerprint density at radius 1 is 1.53 bits per heavy atom. The summed E-state index contributed by atoms with van der Waals surface area (Å²) in [5.74, 6) is 0.210. The molecule has 1 unspecified atom stereocenters. The smallest absolute Gasteiger partial charge is 0.228 e. The minimum atomic E-state index is 0.210. The van der Waals surface area contributed by atoms with E-state index in [1.807, 2.05) is 30.0 Å². The molecule has 17 heavy (non-hydrogen) atoms. The SMILES string of the molecule is CCNC1CC(=O)N(c2ccc(Br)cc2C)C1. The highest BCUT2D eigenvalue weighted by atomic mass is 79.9. The Balaban J connectivity index is 2.20. The summed E-state index contributed by atoms with van der Waals surface area (Å²) in [7, 11) is 0. The van der Waals surface area contributed by atoms with Crippen LogP contribution in [0.3, 0.4) is 0 Å². The molecule has 1 N–H and O–H groups in total. The van der Waals surface area contributed by atoms with Crippen molar-refractivity contribution in [1.82, 2.24) is 5.32 Å². The second-order valence-electron chi connectivity index (χ2n) is 4.39. The number of hydrogen-bond acceptors (Lipinski definition) is 2. The minimum Gasteiger partial charge on any atom is -0.312 e. The van der Waals surface area contributed by atoms with Gasteiger partial charge in [0.05, 0.1) is 0 Å². The summed E-state index contributed by atoms with van der Waals surface area (Å²) in [6, 6.07) is 6.32. The van der Waals surface area contributed by atoms with Crippen molar-refractivity contribution in [2.75, 3.05) is 18.0 Å². The zero-order valence-corrected chi connectivity index (χ0v) is 11.8. The molecule has 92 valence electrons. The van der Waals surface area contributed by atoms with Crippen molar-refractivity contribution in [3.8, 4) is 0 Å². The van der Waals surface area contributed by atoms with E-state index in [2.05, 4.69) is 28.2 Å². The average Bonchev–Trinajstić information content (AvgIpc) is 2.60. The monoisotopic (exact) mass is 296 g/mol. The topological polar surface area (TPSA) is 32.3 Å². The van der Waals surface area contributed by atoms with Gasteiger partial charge in [0, 0.05) is 29.2 Å². The van der Waals surface area contributed by atoms with Crippen LogP contribution in [0.5, 0.6) is 0 Å². The number of nitrogens with one attached hydrogen (secondary N) is 1. The molecule has 1 aromatic carbocycles. The highest BCUT2D eigenvalue weighted by Crippen LogP contribution is 2.27. The summed E-state index contributed by atoms with van der Waals surface area (Å²) >= 11 is 3.44. The second kappa shape index (κ2) is 5.19. The molecule has 0 aliphatic carbocycles. The fourth-order valence-electron chi connectivity index (χ4n) is 2.29.